The quantitative estimate of drug-likeness (QED) is 0.315. The first kappa shape index (κ1) is 22.8. The summed E-state index contributed by atoms with van der Waals surface area (Å²) in [7, 11) is 3.58. The largest absolute Gasteiger partial charge is 0.352 e. The Kier molecular flexibility index (Phi) is 7.31. The molecule has 0 bridgehead atoms. The number of aryl methyl sites for hydroxylation is 2. The molecule has 1 N–H and O–H groups in total. The van der Waals surface area contributed by atoms with Crippen molar-refractivity contribution in [2.45, 2.75) is 13.5 Å². The lowest BCUT2D eigenvalue weighted by Crippen LogP contribution is -2.55. The van der Waals surface area contributed by atoms with Crippen molar-refractivity contribution in [2.24, 2.45) is 12.0 Å². The molecule has 0 radical (unpaired) electrons. The number of carbonyl (C=O) groups excluding carboxylic acids is 1. The van der Waals surface area contributed by atoms with Crippen LogP contribution in [-0.2, 0) is 18.4 Å². The molecule has 1 saturated heterocycles. The van der Waals surface area contributed by atoms with E-state index in [1.807, 2.05) is 60.2 Å². The number of piperazine rings is 1. The number of hydrogen-bond donors (Lipinski definition) is 1. The van der Waals surface area contributed by atoms with Gasteiger partial charge < -0.3 is 15.1 Å². The zero-order valence-electron chi connectivity index (χ0n) is 17.9. The van der Waals surface area contributed by atoms with Crippen LogP contribution in [0, 0.1) is 6.92 Å². The SMILES string of the molecule is CN=C(NCc1ccccc1-n1ccc(C)n1)N1CCN(c2cnn(C)c2)C(=O)C1.I. The molecule has 1 aromatic carbocycles. The van der Waals surface area contributed by atoms with Crippen LogP contribution in [-0.4, -0.2) is 63.0 Å². The van der Waals surface area contributed by atoms with Crippen molar-refractivity contribution in [1.82, 2.24) is 29.8 Å². The third-order valence-corrected chi connectivity index (χ3v) is 5.13. The first-order chi connectivity index (χ1) is 14.5. The number of nitrogens with one attached hydrogen (secondary N) is 1. The van der Waals surface area contributed by atoms with Gasteiger partial charge >= 0.3 is 0 Å². The predicted octanol–water partition coefficient (Wildman–Crippen LogP) is 1.96. The van der Waals surface area contributed by atoms with Crippen LogP contribution < -0.4 is 10.2 Å². The van der Waals surface area contributed by atoms with E-state index in [4.69, 9.17) is 0 Å². The standard InChI is InChI=1S/C21H26N8O.HI/c1-16-8-9-29(25-16)19-7-5-4-6-17(19)12-23-21(22-2)27-10-11-28(20(30)15-27)18-13-24-26(3)14-18;/h4-9,13-14H,10-12,15H2,1-3H3,(H,22,23);1H. The van der Waals surface area contributed by atoms with Crippen LogP contribution in [0.3, 0.4) is 0 Å². The van der Waals surface area contributed by atoms with Gasteiger partial charge in [0.1, 0.15) is 6.54 Å². The molecule has 0 atom stereocenters. The summed E-state index contributed by atoms with van der Waals surface area (Å²) in [5.74, 6) is 0.741. The summed E-state index contributed by atoms with van der Waals surface area (Å²) >= 11 is 0. The monoisotopic (exact) mass is 534 g/mol. The van der Waals surface area contributed by atoms with Crippen molar-refractivity contribution in [3.63, 3.8) is 0 Å². The number of para-hydroxylation sites is 1. The van der Waals surface area contributed by atoms with Gasteiger partial charge in [-0.2, -0.15) is 10.2 Å². The molecular weight excluding hydrogens is 507 g/mol. The fourth-order valence-corrected chi connectivity index (χ4v) is 3.61. The predicted molar refractivity (Wildman–Crippen MR) is 131 cm³/mol. The Labute approximate surface area is 198 Å². The molecule has 3 aromatic rings. The van der Waals surface area contributed by atoms with E-state index in [0.29, 0.717) is 25.6 Å². The molecule has 10 heteroatoms. The van der Waals surface area contributed by atoms with Crippen molar-refractivity contribution in [3.05, 3.63) is 60.2 Å². The molecular formula is C21H27IN8O. The van der Waals surface area contributed by atoms with Gasteiger partial charge in [-0.05, 0) is 24.6 Å². The second kappa shape index (κ2) is 9.94. The number of amides is 1. The molecule has 0 unspecified atom stereocenters. The van der Waals surface area contributed by atoms with Crippen molar-refractivity contribution in [2.75, 3.05) is 31.6 Å². The number of rotatable bonds is 4. The Hall–Kier alpha value is -2.89. The van der Waals surface area contributed by atoms with Gasteiger partial charge in [0.2, 0.25) is 5.91 Å². The maximum absolute atomic E-state index is 12.7. The molecule has 3 heterocycles. The Morgan fingerprint density at radius 1 is 1.23 bits per heavy atom. The third-order valence-electron chi connectivity index (χ3n) is 5.13. The molecule has 31 heavy (non-hydrogen) atoms. The lowest BCUT2D eigenvalue weighted by atomic mass is 10.2. The summed E-state index contributed by atoms with van der Waals surface area (Å²) in [6.07, 6.45) is 5.53. The van der Waals surface area contributed by atoms with E-state index in [0.717, 1.165) is 22.6 Å². The van der Waals surface area contributed by atoms with Crippen LogP contribution in [0.1, 0.15) is 11.3 Å². The highest BCUT2D eigenvalue weighted by Crippen LogP contribution is 2.17. The molecule has 164 valence electrons. The number of carbonyl (C=O) groups is 1. The molecule has 1 amide bonds. The fraction of sp³-hybridized carbons (Fsp3) is 0.333. The summed E-state index contributed by atoms with van der Waals surface area (Å²) in [4.78, 5) is 20.8. The normalized spacial score (nSPS) is 14.5. The summed E-state index contributed by atoms with van der Waals surface area (Å²) in [5, 5.41) is 12.1. The fourth-order valence-electron chi connectivity index (χ4n) is 3.61. The van der Waals surface area contributed by atoms with Gasteiger partial charge in [0.25, 0.3) is 0 Å². The van der Waals surface area contributed by atoms with Gasteiger partial charge in [-0.3, -0.25) is 14.5 Å². The molecule has 1 aliphatic rings. The van der Waals surface area contributed by atoms with Crippen LogP contribution in [0.15, 0.2) is 53.9 Å². The maximum atomic E-state index is 12.7. The van der Waals surface area contributed by atoms with Crippen LogP contribution in [0.25, 0.3) is 5.69 Å². The Balaban J connectivity index is 0.00000272. The average molecular weight is 534 g/mol. The van der Waals surface area contributed by atoms with Crippen molar-refractivity contribution >= 4 is 41.5 Å². The summed E-state index contributed by atoms with van der Waals surface area (Å²) in [6, 6.07) is 10.1. The number of aromatic nitrogens is 4. The van der Waals surface area contributed by atoms with Crippen LogP contribution in [0.2, 0.25) is 0 Å². The van der Waals surface area contributed by atoms with Crippen molar-refractivity contribution in [3.8, 4) is 5.69 Å². The van der Waals surface area contributed by atoms with E-state index in [1.54, 1.807) is 22.8 Å². The van der Waals surface area contributed by atoms with Gasteiger partial charge in [0.15, 0.2) is 5.96 Å². The van der Waals surface area contributed by atoms with Gasteiger partial charge in [0.05, 0.1) is 23.3 Å². The van der Waals surface area contributed by atoms with Crippen molar-refractivity contribution in [1.29, 1.82) is 0 Å². The van der Waals surface area contributed by atoms with Gasteiger partial charge in [-0.1, -0.05) is 18.2 Å². The van der Waals surface area contributed by atoms with E-state index in [9.17, 15) is 4.79 Å². The van der Waals surface area contributed by atoms with E-state index in [2.05, 4.69) is 26.6 Å². The number of benzene rings is 1. The minimum Gasteiger partial charge on any atom is -0.352 e. The minimum atomic E-state index is 0. The summed E-state index contributed by atoms with van der Waals surface area (Å²) < 4.78 is 3.58. The van der Waals surface area contributed by atoms with Gasteiger partial charge in [-0.25, -0.2) is 4.68 Å². The van der Waals surface area contributed by atoms with E-state index >= 15 is 0 Å². The van der Waals surface area contributed by atoms with Gasteiger partial charge in [-0.15, -0.1) is 24.0 Å². The number of halogens is 1. The molecule has 1 fully saturated rings. The van der Waals surface area contributed by atoms with Crippen molar-refractivity contribution < 1.29 is 4.79 Å². The molecule has 9 nitrogen and oxygen atoms in total. The number of aliphatic imine (C=N–C) groups is 1. The number of anilines is 1. The molecule has 0 saturated carbocycles. The molecule has 0 spiro atoms. The van der Waals surface area contributed by atoms with Crippen LogP contribution in [0.5, 0.6) is 0 Å². The Bertz CT molecular complexity index is 1070. The minimum absolute atomic E-state index is 0. The van der Waals surface area contributed by atoms with Gasteiger partial charge in [0, 0.05) is 46.1 Å². The van der Waals surface area contributed by atoms with E-state index < -0.39 is 0 Å². The second-order valence-corrected chi connectivity index (χ2v) is 7.27. The number of guanidine groups is 1. The zero-order valence-corrected chi connectivity index (χ0v) is 20.2. The maximum Gasteiger partial charge on any atom is 0.246 e. The first-order valence-electron chi connectivity index (χ1n) is 9.90. The second-order valence-electron chi connectivity index (χ2n) is 7.27. The molecule has 0 aliphatic carbocycles. The summed E-state index contributed by atoms with van der Waals surface area (Å²) in [6.45, 7) is 4.11. The van der Waals surface area contributed by atoms with E-state index in [1.165, 1.54) is 0 Å². The lowest BCUT2D eigenvalue weighted by Gasteiger charge is -2.35. The lowest BCUT2D eigenvalue weighted by molar-refractivity contribution is -0.120. The average Bonchev–Trinajstić information content (AvgIpc) is 3.37. The zero-order chi connectivity index (χ0) is 21.1. The molecule has 2 aromatic heterocycles. The highest BCUT2D eigenvalue weighted by Gasteiger charge is 2.27. The molecule has 4 rings (SSSR count). The van der Waals surface area contributed by atoms with Crippen LogP contribution in [0.4, 0.5) is 5.69 Å². The molecule has 1 aliphatic heterocycles. The topological polar surface area (TPSA) is 83.6 Å². The Morgan fingerprint density at radius 2 is 2.03 bits per heavy atom. The van der Waals surface area contributed by atoms with Crippen LogP contribution >= 0.6 is 24.0 Å². The highest BCUT2D eigenvalue weighted by molar-refractivity contribution is 14.0. The highest BCUT2D eigenvalue weighted by atomic mass is 127. The smallest absolute Gasteiger partial charge is 0.246 e. The first-order valence-corrected chi connectivity index (χ1v) is 9.90. The summed E-state index contributed by atoms with van der Waals surface area (Å²) in [5.41, 5.74) is 3.92. The number of nitrogens with zero attached hydrogens (tertiary/aromatic N) is 7. The third kappa shape index (κ3) is 5.06. The number of hydrogen-bond acceptors (Lipinski definition) is 4. The Morgan fingerprint density at radius 3 is 2.68 bits per heavy atom. The van der Waals surface area contributed by atoms with E-state index in [-0.39, 0.29) is 36.4 Å².